The SMILES string of the molecule is COC(=O)CCc1ccc(OC2CCCC2)c(-c2ccc3ccn(C)c3n2)c1. The highest BCUT2D eigenvalue weighted by atomic mass is 16.5. The van der Waals surface area contributed by atoms with Crippen LogP contribution < -0.4 is 4.74 Å². The molecule has 28 heavy (non-hydrogen) atoms. The molecular formula is C23H26N2O3. The second-order valence-electron chi connectivity index (χ2n) is 7.47. The van der Waals surface area contributed by atoms with Gasteiger partial charge < -0.3 is 14.0 Å². The Labute approximate surface area is 165 Å². The Kier molecular flexibility index (Phi) is 5.33. The summed E-state index contributed by atoms with van der Waals surface area (Å²) in [4.78, 5) is 16.4. The van der Waals surface area contributed by atoms with Crippen molar-refractivity contribution < 1.29 is 14.3 Å². The number of fused-ring (bicyclic) bond motifs is 1. The lowest BCUT2D eigenvalue weighted by Gasteiger charge is -2.17. The summed E-state index contributed by atoms with van der Waals surface area (Å²) < 4.78 is 13.1. The highest BCUT2D eigenvalue weighted by molar-refractivity contribution is 5.81. The van der Waals surface area contributed by atoms with Crippen LogP contribution in [0.1, 0.15) is 37.7 Å². The number of aryl methyl sites for hydroxylation is 2. The zero-order chi connectivity index (χ0) is 19.5. The summed E-state index contributed by atoms with van der Waals surface area (Å²) in [5.41, 5.74) is 3.90. The first-order valence-electron chi connectivity index (χ1n) is 9.93. The molecule has 4 rings (SSSR count). The standard InChI is InChI=1S/C23H26N2O3/c1-25-14-13-17-9-10-20(24-23(17)25)19-15-16(8-12-22(26)27-2)7-11-21(19)28-18-5-3-4-6-18/h7,9-11,13-15,18H,3-6,8,12H2,1-2H3. The van der Waals surface area contributed by atoms with Crippen molar-refractivity contribution in [1.82, 2.24) is 9.55 Å². The van der Waals surface area contributed by atoms with Gasteiger partial charge in [0.1, 0.15) is 11.4 Å². The van der Waals surface area contributed by atoms with Crippen LogP contribution in [0.2, 0.25) is 0 Å². The Morgan fingerprint density at radius 1 is 1.18 bits per heavy atom. The normalized spacial score (nSPS) is 14.5. The van der Waals surface area contributed by atoms with E-state index in [-0.39, 0.29) is 12.1 Å². The van der Waals surface area contributed by atoms with Crippen molar-refractivity contribution in [3.05, 3.63) is 48.2 Å². The van der Waals surface area contributed by atoms with Crippen molar-refractivity contribution in [2.75, 3.05) is 7.11 Å². The maximum absolute atomic E-state index is 11.5. The quantitative estimate of drug-likeness (QED) is 0.585. The Bertz CT molecular complexity index is 987. The monoisotopic (exact) mass is 378 g/mol. The van der Waals surface area contributed by atoms with Crippen LogP contribution in [-0.4, -0.2) is 28.7 Å². The zero-order valence-electron chi connectivity index (χ0n) is 16.5. The van der Waals surface area contributed by atoms with Crippen molar-refractivity contribution in [1.29, 1.82) is 0 Å². The maximum Gasteiger partial charge on any atom is 0.305 e. The lowest BCUT2D eigenvalue weighted by atomic mass is 10.0. The maximum atomic E-state index is 11.5. The van der Waals surface area contributed by atoms with Gasteiger partial charge in [0, 0.05) is 30.6 Å². The second-order valence-corrected chi connectivity index (χ2v) is 7.47. The second kappa shape index (κ2) is 8.05. The first-order chi connectivity index (χ1) is 13.6. The predicted molar refractivity (Wildman–Crippen MR) is 109 cm³/mol. The Morgan fingerprint density at radius 2 is 2.00 bits per heavy atom. The van der Waals surface area contributed by atoms with Crippen LogP contribution >= 0.6 is 0 Å². The molecular weight excluding hydrogens is 352 g/mol. The molecule has 1 saturated carbocycles. The lowest BCUT2D eigenvalue weighted by molar-refractivity contribution is -0.140. The van der Waals surface area contributed by atoms with E-state index in [4.69, 9.17) is 14.5 Å². The molecule has 3 aromatic rings. The number of nitrogens with zero attached hydrogens (tertiary/aromatic N) is 2. The number of pyridine rings is 1. The van der Waals surface area contributed by atoms with Gasteiger partial charge in [0.15, 0.2) is 0 Å². The van der Waals surface area contributed by atoms with Gasteiger partial charge in [-0.25, -0.2) is 4.98 Å². The van der Waals surface area contributed by atoms with Crippen LogP contribution in [0.3, 0.4) is 0 Å². The van der Waals surface area contributed by atoms with E-state index in [2.05, 4.69) is 18.2 Å². The van der Waals surface area contributed by atoms with Crippen LogP contribution in [0.25, 0.3) is 22.3 Å². The number of hydrogen-bond acceptors (Lipinski definition) is 4. The van der Waals surface area contributed by atoms with E-state index in [1.807, 2.05) is 36.0 Å². The molecule has 0 saturated heterocycles. The third-order valence-electron chi connectivity index (χ3n) is 5.48. The van der Waals surface area contributed by atoms with E-state index >= 15 is 0 Å². The molecule has 0 aliphatic heterocycles. The van der Waals surface area contributed by atoms with E-state index in [9.17, 15) is 4.79 Å². The number of hydrogen-bond donors (Lipinski definition) is 0. The molecule has 146 valence electrons. The van der Waals surface area contributed by atoms with Gasteiger partial charge in [-0.05, 0) is 68.0 Å². The van der Waals surface area contributed by atoms with E-state index in [1.165, 1.54) is 20.0 Å². The average molecular weight is 378 g/mol. The fourth-order valence-corrected chi connectivity index (χ4v) is 3.85. The van der Waals surface area contributed by atoms with Gasteiger partial charge >= 0.3 is 5.97 Å². The van der Waals surface area contributed by atoms with Crippen LogP contribution in [0.4, 0.5) is 0 Å². The van der Waals surface area contributed by atoms with E-state index in [0.29, 0.717) is 12.8 Å². The summed E-state index contributed by atoms with van der Waals surface area (Å²) in [7, 11) is 3.42. The molecule has 0 atom stereocenters. The van der Waals surface area contributed by atoms with Gasteiger partial charge in [-0.1, -0.05) is 6.07 Å². The minimum Gasteiger partial charge on any atom is -0.490 e. The number of esters is 1. The smallest absolute Gasteiger partial charge is 0.305 e. The van der Waals surface area contributed by atoms with Crippen LogP contribution in [0, 0.1) is 0 Å². The fourth-order valence-electron chi connectivity index (χ4n) is 3.85. The van der Waals surface area contributed by atoms with Gasteiger partial charge in [-0.2, -0.15) is 0 Å². The summed E-state index contributed by atoms with van der Waals surface area (Å²) in [5.74, 6) is 0.672. The van der Waals surface area contributed by atoms with Crippen LogP contribution in [0.5, 0.6) is 5.75 Å². The average Bonchev–Trinajstić information content (AvgIpc) is 3.36. The number of carbonyl (C=O) groups excluding carboxylic acids is 1. The molecule has 0 amide bonds. The largest absolute Gasteiger partial charge is 0.490 e. The molecule has 1 aliphatic rings. The molecule has 0 unspecified atom stereocenters. The third-order valence-corrected chi connectivity index (χ3v) is 5.48. The topological polar surface area (TPSA) is 53.4 Å². The fraction of sp³-hybridized carbons (Fsp3) is 0.391. The summed E-state index contributed by atoms with van der Waals surface area (Å²) in [6.45, 7) is 0. The molecule has 2 aromatic heterocycles. The summed E-state index contributed by atoms with van der Waals surface area (Å²) in [6.07, 6.45) is 7.96. The molecule has 2 heterocycles. The predicted octanol–water partition coefficient (Wildman–Crippen LogP) is 4.67. The molecule has 0 bridgehead atoms. The number of ether oxygens (including phenoxy) is 2. The van der Waals surface area contributed by atoms with Crippen molar-refractivity contribution in [3.8, 4) is 17.0 Å². The summed E-state index contributed by atoms with van der Waals surface area (Å²) >= 11 is 0. The van der Waals surface area contributed by atoms with Crippen LogP contribution in [0.15, 0.2) is 42.6 Å². The lowest BCUT2D eigenvalue weighted by Crippen LogP contribution is -2.12. The number of rotatable bonds is 6. The zero-order valence-corrected chi connectivity index (χ0v) is 16.5. The van der Waals surface area contributed by atoms with Crippen molar-refractivity contribution in [2.24, 2.45) is 7.05 Å². The molecule has 0 N–H and O–H groups in total. The summed E-state index contributed by atoms with van der Waals surface area (Å²) in [5, 5.41) is 1.12. The number of benzene rings is 1. The van der Waals surface area contributed by atoms with Crippen LogP contribution in [-0.2, 0) is 23.0 Å². The van der Waals surface area contributed by atoms with Crippen molar-refractivity contribution in [2.45, 2.75) is 44.6 Å². The van der Waals surface area contributed by atoms with E-state index in [0.717, 1.165) is 46.4 Å². The molecule has 0 spiro atoms. The van der Waals surface area contributed by atoms with Gasteiger partial charge in [-0.15, -0.1) is 0 Å². The molecule has 1 fully saturated rings. The molecule has 1 aromatic carbocycles. The van der Waals surface area contributed by atoms with E-state index in [1.54, 1.807) is 0 Å². The van der Waals surface area contributed by atoms with Gasteiger partial charge in [0.25, 0.3) is 0 Å². The molecule has 5 heteroatoms. The molecule has 0 radical (unpaired) electrons. The first-order valence-corrected chi connectivity index (χ1v) is 9.93. The van der Waals surface area contributed by atoms with Crippen molar-refractivity contribution >= 4 is 17.0 Å². The van der Waals surface area contributed by atoms with Crippen molar-refractivity contribution in [3.63, 3.8) is 0 Å². The highest BCUT2D eigenvalue weighted by Gasteiger charge is 2.19. The molecule has 1 aliphatic carbocycles. The van der Waals surface area contributed by atoms with E-state index < -0.39 is 0 Å². The minimum atomic E-state index is -0.198. The highest BCUT2D eigenvalue weighted by Crippen LogP contribution is 2.34. The first kappa shape index (κ1) is 18.5. The van der Waals surface area contributed by atoms with Gasteiger partial charge in [0.2, 0.25) is 0 Å². The molecule has 5 nitrogen and oxygen atoms in total. The van der Waals surface area contributed by atoms with Gasteiger partial charge in [-0.3, -0.25) is 4.79 Å². The Morgan fingerprint density at radius 3 is 2.79 bits per heavy atom. The summed E-state index contributed by atoms with van der Waals surface area (Å²) in [6, 6.07) is 12.4. The number of methoxy groups -OCH3 is 1. The minimum absolute atomic E-state index is 0.198. The number of aromatic nitrogens is 2. The third kappa shape index (κ3) is 3.88. The Balaban J connectivity index is 1.70. The van der Waals surface area contributed by atoms with Gasteiger partial charge in [0.05, 0.1) is 18.9 Å². The Hall–Kier alpha value is -2.82. The number of carbonyl (C=O) groups is 1.